The second kappa shape index (κ2) is 7.32. The predicted octanol–water partition coefficient (Wildman–Crippen LogP) is 1.36. The van der Waals surface area contributed by atoms with Crippen molar-refractivity contribution in [3.05, 3.63) is 29.8 Å². The van der Waals surface area contributed by atoms with E-state index in [0.717, 1.165) is 19.4 Å². The highest BCUT2D eigenvalue weighted by Gasteiger charge is 2.28. The first kappa shape index (κ1) is 16.9. The summed E-state index contributed by atoms with van der Waals surface area (Å²) in [4.78, 5) is 26.6. The van der Waals surface area contributed by atoms with Gasteiger partial charge in [-0.15, -0.1) is 0 Å². The molecule has 3 unspecified atom stereocenters. The molecule has 24 heavy (non-hydrogen) atoms. The van der Waals surface area contributed by atoms with Crippen LogP contribution in [0, 0.1) is 0 Å². The van der Waals surface area contributed by atoms with Crippen LogP contribution < -0.4 is 10.6 Å². The summed E-state index contributed by atoms with van der Waals surface area (Å²) in [5, 5.41) is 15.3. The number of carbonyl (C=O) groups is 2. The largest absolute Gasteiger partial charge is 0.392 e. The zero-order valence-corrected chi connectivity index (χ0v) is 14.0. The second-order valence-corrected chi connectivity index (χ2v) is 6.76. The molecular weight excluding hydrogens is 306 g/mol. The summed E-state index contributed by atoms with van der Waals surface area (Å²) in [6, 6.07) is 6.95. The maximum absolute atomic E-state index is 12.6. The summed E-state index contributed by atoms with van der Waals surface area (Å²) in [7, 11) is 0. The number of hydrogen-bond acceptors (Lipinski definition) is 4. The third kappa shape index (κ3) is 3.76. The average Bonchev–Trinajstić information content (AvgIpc) is 3.02. The van der Waals surface area contributed by atoms with Crippen molar-refractivity contribution in [2.45, 2.75) is 50.8 Å². The van der Waals surface area contributed by atoms with Crippen molar-refractivity contribution in [2.75, 3.05) is 18.4 Å². The van der Waals surface area contributed by atoms with E-state index in [9.17, 15) is 14.7 Å². The molecule has 2 heterocycles. The maximum atomic E-state index is 12.6. The lowest BCUT2D eigenvalue weighted by molar-refractivity contribution is -0.117. The van der Waals surface area contributed by atoms with Crippen molar-refractivity contribution in [1.29, 1.82) is 0 Å². The number of carbonyl (C=O) groups excluding carboxylic acids is 2. The van der Waals surface area contributed by atoms with E-state index in [-0.39, 0.29) is 23.9 Å². The molecule has 2 aliphatic heterocycles. The number of β-amino-alcohol motifs (C(OH)–C–C–N with tert-alkyl or cyclic N) is 1. The summed E-state index contributed by atoms with van der Waals surface area (Å²) in [5.74, 6) is -0.101. The third-order valence-electron chi connectivity index (χ3n) is 4.89. The van der Waals surface area contributed by atoms with E-state index in [4.69, 9.17) is 0 Å². The van der Waals surface area contributed by atoms with Crippen molar-refractivity contribution in [3.63, 3.8) is 0 Å². The number of amides is 2. The first-order valence-electron chi connectivity index (χ1n) is 8.68. The van der Waals surface area contributed by atoms with Gasteiger partial charge in [0.25, 0.3) is 5.91 Å². The van der Waals surface area contributed by atoms with Gasteiger partial charge in [-0.25, -0.2) is 0 Å². The molecule has 6 heteroatoms. The minimum atomic E-state index is -0.465. The van der Waals surface area contributed by atoms with Crippen LogP contribution in [0.25, 0.3) is 0 Å². The van der Waals surface area contributed by atoms with Crippen LogP contribution in [0.3, 0.4) is 0 Å². The number of nitrogens with one attached hydrogen (secondary N) is 2. The Bertz CT molecular complexity index is 602. The van der Waals surface area contributed by atoms with Crippen molar-refractivity contribution in [2.24, 2.45) is 0 Å². The van der Waals surface area contributed by atoms with Crippen LogP contribution in [0.1, 0.15) is 43.0 Å². The van der Waals surface area contributed by atoms with Crippen LogP contribution in [-0.2, 0) is 4.79 Å². The van der Waals surface area contributed by atoms with Crippen molar-refractivity contribution in [1.82, 2.24) is 10.2 Å². The van der Waals surface area contributed by atoms with E-state index in [1.807, 2.05) is 4.90 Å². The molecule has 2 saturated heterocycles. The summed E-state index contributed by atoms with van der Waals surface area (Å²) >= 11 is 0. The van der Waals surface area contributed by atoms with Crippen molar-refractivity contribution < 1.29 is 14.7 Å². The first-order valence-corrected chi connectivity index (χ1v) is 8.68. The number of aliphatic hydroxyl groups is 1. The Kier molecular flexibility index (Phi) is 5.16. The van der Waals surface area contributed by atoms with E-state index in [1.165, 1.54) is 6.42 Å². The molecule has 0 bridgehead atoms. The molecule has 3 N–H and O–H groups in total. The molecule has 0 aliphatic carbocycles. The van der Waals surface area contributed by atoms with Gasteiger partial charge >= 0.3 is 0 Å². The van der Waals surface area contributed by atoms with E-state index < -0.39 is 6.10 Å². The van der Waals surface area contributed by atoms with E-state index in [0.29, 0.717) is 24.2 Å². The standard InChI is InChI=1S/C18H25N3O3/c1-12-4-2-3-9-21(12)18(24)13-5-7-14(8-6-13)20-17(23)16-10-15(22)11-19-16/h5-8,12,15-16,19,22H,2-4,9-11H2,1H3,(H,20,23). The number of nitrogens with zero attached hydrogens (tertiary/aromatic N) is 1. The van der Waals surface area contributed by atoms with Gasteiger partial charge in [0.2, 0.25) is 5.91 Å². The van der Waals surface area contributed by atoms with E-state index in [2.05, 4.69) is 17.6 Å². The normalized spacial score (nSPS) is 27.1. The molecule has 3 atom stereocenters. The Balaban J connectivity index is 1.60. The molecule has 0 spiro atoms. The average molecular weight is 331 g/mol. The predicted molar refractivity (Wildman–Crippen MR) is 91.8 cm³/mol. The van der Waals surface area contributed by atoms with Gasteiger partial charge in [-0.3, -0.25) is 9.59 Å². The highest BCUT2D eigenvalue weighted by molar-refractivity contribution is 5.97. The van der Waals surface area contributed by atoms with E-state index in [1.54, 1.807) is 24.3 Å². The number of benzene rings is 1. The Morgan fingerprint density at radius 1 is 1.25 bits per heavy atom. The smallest absolute Gasteiger partial charge is 0.254 e. The quantitative estimate of drug-likeness (QED) is 0.781. The van der Waals surface area contributed by atoms with Gasteiger partial charge in [-0.2, -0.15) is 0 Å². The molecule has 1 aromatic rings. The summed E-state index contributed by atoms with van der Waals surface area (Å²) in [5.41, 5.74) is 1.31. The lowest BCUT2D eigenvalue weighted by Gasteiger charge is -2.33. The van der Waals surface area contributed by atoms with Gasteiger partial charge in [0.05, 0.1) is 12.1 Å². The number of aliphatic hydroxyl groups excluding tert-OH is 1. The van der Waals surface area contributed by atoms with Crippen LogP contribution in [0.15, 0.2) is 24.3 Å². The maximum Gasteiger partial charge on any atom is 0.254 e. The number of anilines is 1. The number of piperidine rings is 1. The monoisotopic (exact) mass is 331 g/mol. The number of hydrogen-bond donors (Lipinski definition) is 3. The molecule has 1 aromatic carbocycles. The van der Waals surface area contributed by atoms with Crippen LogP contribution in [-0.4, -0.2) is 53.1 Å². The van der Waals surface area contributed by atoms with Crippen molar-refractivity contribution in [3.8, 4) is 0 Å². The fourth-order valence-corrected chi connectivity index (χ4v) is 3.41. The molecule has 2 amide bonds. The first-order chi connectivity index (χ1) is 11.5. The van der Waals surface area contributed by atoms with Gasteiger partial charge in [0.1, 0.15) is 0 Å². The Morgan fingerprint density at radius 3 is 2.62 bits per heavy atom. The summed E-state index contributed by atoms with van der Waals surface area (Å²) in [6.07, 6.45) is 3.26. The molecular formula is C18H25N3O3. The van der Waals surface area contributed by atoms with Crippen molar-refractivity contribution >= 4 is 17.5 Å². The zero-order chi connectivity index (χ0) is 17.1. The molecule has 130 valence electrons. The van der Waals surface area contributed by atoms with Crippen LogP contribution >= 0.6 is 0 Å². The van der Waals surface area contributed by atoms with Crippen LogP contribution in [0.4, 0.5) is 5.69 Å². The summed E-state index contributed by atoms with van der Waals surface area (Å²) in [6.45, 7) is 3.35. The van der Waals surface area contributed by atoms with E-state index >= 15 is 0 Å². The van der Waals surface area contributed by atoms with Gasteiger partial charge < -0.3 is 20.6 Å². The molecule has 0 aromatic heterocycles. The SMILES string of the molecule is CC1CCCCN1C(=O)c1ccc(NC(=O)C2CC(O)CN2)cc1. The molecule has 2 fully saturated rings. The second-order valence-electron chi connectivity index (χ2n) is 6.76. The topological polar surface area (TPSA) is 81.7 Å². The minimum Gasteiger partial charge on any atom is -0.392 e. The molecule has 0 radical (unpaired) electrons. The van der Waals surface area contributed by atoms with Gasteiger partial charge in [0.15, 0.2) is 0 Å². The fraction of sp³-hybridized carbons (Fsp3) is 0.556. The lowest BCUT2D eigenvalue weighted by atomic mass is 10.0. The van der Waals surface area contributed by atoms with Crippen LogP contribution in [0.2, 0.25) is 0 Å². The number of rotatable bonds is 3. The molecule has 3 rings (SSSR count). The fourth-order valence-electron chi connectivity index (χ4n) is 3.41. The molecule has 0 saturated carbocycles. The van der Waals surface area contributed by atoms with Gasteiger partial charge in [-0.1, -0.05) is 0 Å². The van der Waals surface area contributed by atoms with Gasteiger partial charge in [-0.05, 0) is 56.9 Å². The highest BCUT2D eigenvalue weighted by atomic mass is 16.3. The molecule has 2 aliphatic rings. The lowest BCUT2D eigenvalue weighted by Crippen LogP contribution is -2.42. The third-order valence-corrected chi connectivity index (χ3v) is 4.89. The molecule has 6 nitrogen and oxygen atoms in total. The van der Waals surface area contributed by atoms with Gasteiger partial charge in [0, 0.05) is 30.4 Å². The Labute approximate surface area is 142 Å². The highest BCUT2D eigenvalue weighted by Crippen LogP contribution is 2.20. The Hall–Kier alpha value is -1.92. The summed E-state index contributed by atoms with van der Waals surface area (Å²) < 4.78 is 0. The minimum absolute atomic E-state index is 0.0562. The number of likely N-dealkylation sites (tertiary alicyclic amines) is 1. The van der Waals surface area contributed by atoms with Crippen LogP contribution in [0.5, 0.6) is 0 Å². The zero-order valence-electron chi connectivity index (χ0n) is 14.0. The Morgan fingerprint density at radius 2 is 2.00 bits per heavy atom.